The summed E-state index contributed by atoms with van der Waals surface area (Å²) in [5.74, 6) is 1.82. The van der Waals surface area contributed by atoms with E-state index in [4.69, 9.17) is 14.5 Å². The number of likely N-dealkylation sites (tertiary alicyclic amines) is 1. The number of hydrogen-bond donors (Lipinski definition) is 0. The summed E-state index contributed by atoms with van der Waals surface area (Å²) in [6, 6.07) is 18.1. The van der Waals surface area contributed by atoms with E-state index >= 15 is 0 Å². The van der Waals surface area contributed by atoms with Gasteiger partial charge in [0.2, 0.25) is 0 Å². The van der Waals surface area contributed by atoms with Crippen LogP contribution < -0.4 is 4.74 Å². The molecule has 1 aromatic heterocycles. The average molecular weight is 405 g/mol. The van der Waals surface area contributed by atoms with Gasteiger partial charge in [0.25, 0.3) is 5.91 Å². The second kappa shape index (κ2) is 8.48. The molecule has 0 bridgehead atoms. The maximum absolute atomic E-state index is 12.6. The number of imidazole rings is 1. The summed E-state index contributed by atoms with van der Waals surface area (Å²) >= 11 is 0. The van der Waals surface area contributed by atoms with E-state index in [0.29, 0.717) is 6.04 Å². The maximum atomic E-state index is 12.6. The molecule has 5 rings (SSSR count). The Bertz CT molecular complexity index is 1000. The van der Waals surface area contributed by atoms with Crippen molar-refractivity contribution in [1.29, 1.82) is 0 Å². The highest BCUT2D eigenvalue weighted by molar-refractivity contribution is 5.78. The first kappa shape index (κ1) is 19.1. The molecule has 30 heavy (non-hydrogen) atoms. The average Bonchev–Trinajstić information content (AvgIpc) is 3.46. The van der Waals surface area contributed by atoms with Crippen LogP contribution in [0, 0.1) is 0 Å². The number of carbonyl (C=O) groups is 1. The summed E-state index contributed by atoms with van der Waals surface area (Å²) in [6.07, 6.45) is 4.02. The first-order chi connectivity index (χ1) is 14.8. The van der Waals surface area contributed by atoms with Gasteiger partial charge in [-0.25, -0.2) is 4.98 Å². The van der Waals surface area contributed by atoms with Crippen LogP contribution in [0.1, 0.15) is 43.7 Å². The molecule has 0 saturated carbocycles. The lowest BCUT2D eigenvalue weighted by atomic mass is 10.0. The first-order valence-electron chi connectivity index (χ1n) is 10.8. The van der Waals surface area contributed by atoms with Crippen LogP contribution in [0.2, 0.25) is 0 Å². The minimum absolute atomic E-state index is 0.0483. The largest absolute Gasteiger partial charge is 0.484 e. The van der Waals surface area contributed by atoms with Crippen LogP contribution in [0.5, 0.6) is 5.75 Å². The van der Waals surface area contributed by atoms with Crippen LogP contribution in [0.4, 0.5) is 0 Å². The molecule has 3 aromatic rings. The predicted molar refractivity (Wildman–Crippen MR) is 114 cm³/mol. The van der Waals surface area contributed by atoms with E-state index in [1.54, 1.807) is 0 Å². The zero-order chi connectivity index (χ0) is 20.3. The standard InChI is InChI=1S/C24H27N3O3/c28-23(17-30-19-7-2-1-3-8-19)26-14-12-18(13-15-26)27-21-10-5-4-9-20(21)25-24(27)22-11-6-16-29-22/h1-5,7-10,18,22H,6,11-17H2. The second-order valence-electron chi connectivity index (χ2n) is 8.04. The summed E-state index contributed by atoms with van der Waals surface area (Å²) in [7, 11) is 0. The van der Waals surface area contributed by atoms with E-state index in [9.17, 15) is 4.79 Å². The minimum atomic E-state index is 0.0483. The Labute approximate surface area is 176 Å². The van der Waals surface area contributed by atoms with Crippen molar-refractivity contribution in [3.63, 3.8) is 0 Å². The number of para-hydroxylation sites is 3. The van der Waals surface area contributed by atoms with Gasteiger partial charge in [0.1, 0.15) is 17.7 Å². The Balaban J connectivity index is 1.28. The van der Waals surface area contributed by atoms with Gasteiger partial charge in [-0.15, -0.1) is 0 Å². The molecule has 1 atom stereocenters. The van der Waals surface area contributed by atoms with Crippen molar-refractivity contribution in [1.82, 2.24) is 14.5 Å². The number of amides is 1. The van der Waals surface area contributed by atoms with E-state index in [-0.39, 0.29) is 18.6 Å². The number of benzene rings is 2. The minimum Gasteiger partial charge on any atom is -0.484 e. The maximum Gasteiger partial charge on any atom is 0.260 e. The zero-order valence-corrected chi connectivity index (χ0v) is 17.1. The number of hydrogen-bond acceptors (Lipinski definition) is 4. The van der Waals surface area contributed by atoms with E-state index < -0.39 is 0 Å². The highest BCUT2D eigenvalue weighted by Crippen LogP contribution is 2.35. The molecule has 1 unspecified atom stereocenters. The molecule has 6 nitrogen and oxygen atoms in total. The second-order valence-corrected chi connectivity index (χ2v) is 8.04. The predicted octanol–water partition coefficient (Wildman–Crippen LogP) is 4.13. The van der Waals surface area contributed by atoms with Crippen molar-refractivity contribution in [2.24, 2.45) is 0 Å². The van der Waals surface area contributed by atoms with Gasteiger partial charge in [-0.05, 0) is 49.9 Å². The summed E-state index contributed by atoms with van der Waals surface area (Å²) in [5, 5.41) is 0. The van der Waals surface area contributed by atoms with Crippen molar-refractivity contribution in [2.45, 2.75) is 37.8 Å². The first-order valence-corrected chi connectivity index (χ1v) is 10.8. The third-order valence-corrected chi connectivity index (χ3v) is 6.13. The third kappa shape index (κ3) is 3.79. The molecule has 2 aromatic carbocycles. The summed E-state index contributed by atoms with van der Waals surface area (Å²) in [4.78, 5) is 19.5. The fraction of sp³-hybridized carbons (Fsp3) is 0.417. The van der Waals surface area contributed by atoms with Gasteiger partial charge in [-0.1, -0.05) is 30.3 Å². The van der Waals surface area contributed by atoms with Crippen LogP contribution in [0.25, 0.3) is 11.0 Å². The smallest absolute Gasteiger partial charge is 0.260 e. The number of aromatic nitrogens is 2. The topological polar surface area (TPSA) is 56.6 Å². The molecule has 0 N–H and O–H groups in total. The molecule has 2 saturated heterocycles. The van der Waals surface area contributed by atoms with Crippen LogP contribution in [0.3, 0.4) is 0 Å². The molecular weight excluding hydrogens is 378 g/mol. The van der Waals surface area contributed by atoms with Gasteiger partial charge in [0.15, 0.2) is 6.61 Å². The number of fused-ring (bicyclic) bond motifs is 1. The Morgan fingerprint density at radius 2 is 1.80 bits per heavy atom. The highest BCUT2D eigenvalue weighted by Gasteiger charge is 2.30. The summed E-state index contributed by atoms with van der Waals surface area (Å²) < 4.78 is 14.0. The Hall–Kier alpha value is -2.86. The van der Waals surface area contributed by atoms with Crippen LogP contribution in [0.15, 0.2) is 54.6 Å². The van der Waals surface area contributed by atoms with Gasteiger partial charge in [0.05, 0.1) is 11.0 Å². The number of rotatable bonds is 5. The number of piperidine rings is 1. The normalized spacial score (nSPS) is 20.0. The van der Waals surface area contributed by atoms with Crippen molar-refractivity contribution in [2.75, 3.05) is 26.3 Å². The fourth-order valence-corrected chi connectivity index (χ4v) is 4.58. The van der Waals surface area contributed by atoms with Crippen molar-refractivity contribution in [3.05, 3.63) is 60.4 Å². The number of nitrogens with zero attached hydrogens (tertiary/aromatic N) is 3. The molecule has 156 valence electrons. The van der Waals surface area contributed by atoms with Crippen molar-refractivity contribution in [3.8, 4) is 5.75 Å². The monoisotopic (exact) mass is 405 g/mol. The Morgan fingerprint density at radius 1 is 1.03 bits per heavy atom. The molecule has 2 fully saturated rings. The molecular formula is C24H27N3O3. The van der Waals surface area contributed by atoms with E-state index in [1.807, 2.05) is 41.3 Å². The lowest BCUT2D eigenvalue weighted by Crippen LogP contribution is -2.41. The fourth-order valence-electron chi connectivity index (χ4n) is 4.58. The van der Waals surface area contributed by atoms with Gasteiger partial charge in [-0.3, -0.25) is 4.79 Å². The Kier molecular flexibility index (Phi) is 5.41. The van der Waals surface area contributed by atoms with Crippen LogP contribution in [-0.4, -0.2) is 46.7 Å². The van der Waals surface area contributed by atoms with Crippen molar-refractivity contribution >= 4 is 16.9 Å². The lowest BCUT2D eigenvalue weighted by Gasteiger charge is -2.34. The SMILES string of the molecule is O=C(COc1ccccc1)N1CCC(n2c(C3CCCO3)nc3ccccc32)CC1. The van der Waals surface area contributed by atoms with E-state index in [0.717, 1.165) is 62.5 Å². The quantitative estimate of drug-likeness (QED) is 0.640. The molecule has 0 aliphatic carbocycles. The number of carbonyl (C=O) groups excluding carboxylic acids is 1. The molecule has 2 aliphatic heterocycles. The summed E-state index contributed by atoms with van der Waals surface area (Å²) in [6.45, 7) is 2.37. The van der Waals surface area contributed by atoms with E-state index in [2.05, 4.69) is 22.8 Å². The zero-order valence-electron chi connectivity index (χ0n) is 17.1. The third-order valence-electron chi connectivity index (χ3n) is 6.13. The van der Waals surface area contributed by atoms with Crippen molar-refractivity contribution < 1.29 is 14.3 Å². The Morgan fingerprint density at radius 3 is 2.57 bits per heavy atom. The van der Waals surface area contributed by atoms with Gasteiger partial charge >= 0.3 is 0 Å². The molecule has 0 spiro atoms. The van der Waals surface area contributed by atoms with Gasteiger partial charge in [-0.2, -0.15) is 0 Å². The van der Waals surface area contributed by atoms with E-state index in [1.165, 1.54) is 5.52 Å². The molecule has 3 heterocycles. The molecule has 1 amide bonds. The van der Waals surface area contributed by atoms with Gasteiger partial charge < -0.3 is 18.9 Å². The van der Waals surface area contributed by atoms with Crippen LogP contribution in [-0.2, 0) is 9.53 Å². The van der Waals surface area contributed by atoms with Gasteiger partial charge in [0, 0.05) is 25.7 Å². The molecule has 6 heteroatoms. The lowest BCUT2D eigenvalue weighted by molar-refractivity contribution is -0.134. The highest BCUT2D eigenvalue weighted by atomic mass is 16.5. The molecule has 2 aliphatic rings. The summed E-state index contributed by atoms with van der Waals surface area (Å²) in [5.41, 5.74) is 2.19. The van der Waals surface area contributed by atoms with Crippen LogP contribution >= 0.6 is 0 Å². The molecule has 0 radical (unpaired) electrons. The number of ether oxygens (including phenoxy) is 2.